The van der Waals surface area contributed by atoms with Crippen LogP contribution in [0.1, 0.15) is 11.1 Å². The van der Waals surface area contributed by atoms with E-state index in [1.54, 1.807) is 13.0 Å². The molecule has 3 nitrogen and oxygen atoms in total. The third-order valence-corrected chi connectivity index (χ3v) is 3.08. The first-order valence-electron chi connectivity index (χ1n) is 5.64. The fourth-order valence-electron chi connectivity index (χ4n) is 1.59. The maximum absolute atomic E-state index is 12.7. The lowest BCUT2D eigenvalue weighted by molar-refractivity contribution is -0.137. The highest BCUT2D eigenvalue weighted by Crippen LogP contribution is 2.35. The third kappa shape index (κ3) is 2.96. The fraction of sp³-hybridized carbons (Fsp3) is 0.154. The van der Waals surface area contributed by atoms with E-state index in [2.05, 4.69) is 10.3 Å². The number of aryl methyl sites for hydroxylation is 1. The molecule has 20 heavy (non-hydrogen) atoms. The first-order valence-corrected chi connectivity index (χ1v) is 6.01. The number of hydrogen-bond acceptors (Lipinski definition) is 3. The summed E-state index contributed by atoms with van der Waals surface area (Å²) in [7, 11) is 0. The van der Waals surface area contributed by atoms with Crippen molar-refractivity contribution in [3.8, 4) is 0 Å². The molecule has 0 spiro atoms. The predicted molar refractivity (Wildman–Crippen MR) is 73.1 cm³/mol. The number of hydrogen-bond donors (Lipinski definition) is 2. The van der Waals surface area contributed by atoms with Gasteiger partial charge in [0.15, 0.2) is 5.82 Å². The summed E-state index contributed by atoms with van der Waals surface area (Å²) >= 11 is 5.89. The molecule has 0 fully saturated rings. The van der Waals surface area contributed by atoms with Crippen LogP contribution < -0.4 is 11.1 Å². The van der Waals surface area contributed by atoms with Gasteiger partial charge in [0.1, 0.15) is 0 Å². The normalized spacial score (nSPS) is 11.4. The molecule has 0 aliphatic heterocycles. The molecular weight excluding hydrogens is 291 g/mol. The number of nitrogens with zero attached hydrogens (tertiary/aromatic N) is 1. The summed E-state index contributed by atoms with van der Waals surface area (Å²) in [5, 5.41) is 2.88. The Balaban J connectivity index is 2.41. The zero-order chi connectivity index (χ0) is 14.9. The van der Waals surface area contributed by atoms with Gasteiger partial charge in [0.2, 0.25) is 0 Å². The van der Waals surface area contributed by atoms with Crippen LogP contribution in [0.2, 0.25) is 5.02 Å². The Morgan fingerprint density at radius 1 is 1.25 bits per heavy atom. The lowest BCUT2D eigenvalue weighted by Gasteiger charge is -2.13. The predicted octanol–water partition coefficient (Wildman–Crippen LogP) is 4.39. The number of nitrogens with one attached hydrogen (secondary N) is 1. The van der Waals surface area contributed by atoms with Crippen LogP contribution in [0.4, 0.5) is 30.4 Å². The molecule has 2 aromatic rings. The van der Waals surface area contributed by atoms with Crippen molar-refractivity contribution in [2.24, 2.45) is 0 Å². The van der Waals surface area contributed by atoms with Crippen LogP contribution in [-0.4, -0.2) is 4.98 Å². The Bertz CT molecular complexity index is 641. The molecule has 1 aromatic carbocycles. The lowest BCUT2D eigenvalue weighted by Crippen LogP contribution is -2.06. The van der Waals surface area contributed by atoms with E-state index in [9.17, 15) is 13.2 Å². The van der Waals surface area contributed by atoms with Gasteiger partial charge in [-0.1, -0.05) is 11.6 Å². The molecule has 0 bridgehead atoms. The second kappa shape index (κ2) is 5.20. The molecule has 7 heteroatoms. The Hall–Kier alpha value is -1.95. The van der Waals surface area contributed by atoms with E-state index in [1.165, 1.54) is 12.3 Å². The summed E-state index contributed by atoms with van der Waals surface area (Å²) in [6, 6.07) is 4.72. The summed E-state index contributed by atoms with van der Waals surface area (Å²) in [5.74, 6) is 0.270. The van der Waals surface area contributed by atoms with E-state index in [1.807, 2.05) is 0 Å². The van der Waals surface area contributed by atoms with Gasteiger partial charge in [0.05, 0.1) is 22.0 Å². The minimum absolute atomic E-state index is 0.103. The van der Waals surface area contributed by atoms with Crippen molar-refractivity contribution in [2.45, 2.75) is 13.1 Å². The van der Waals surface area contributed by atoms with Gasteiger partial charge in [0, 0.05) is 6.20 Å². The second-order valence-corrected chi connectivity index (χ2v) is 4.61. The minimum Gasteiger partial charge on any atom is -0.396 e. The van der Waals surface area contributed by atoms with Crippen molar-refractivity contribution >= 4 is 28.8 Å². The summed E-state index contributed by atoms with van der Waals surface area (Å²) in [4.78, 5) is 3.99. The van der Waals surface area contributed by atoms with E-state index in [0.717, 1.165) is 17.7 Å². The monoisotopic (exact) mass is 301 g/mol. The molecule has 0 unspecified atom stereocenters. The zero-order valence-corrected chi connectivity index (χ0v) is 11.2. The van der Waals surface area contributed by atoms with Crippen molar-refractivity contribution in [3.05, 3.63) is 46.6 Å². The van der Waals surface area contributed by atoms with Crippen LogP contribution in [-0.2, 0) is 6.18 Å². The van der Waals surface area contributed by atoms with E-state index in [0.29, 0.717) is 5.69 Å². The summed E-state index contributed by atoms with van der Waals surface area (Å²) in [6.07, 6.45) is -2.93. The van der Waals surface area contributed by atoms with Crippen LogP contribution in [0, 0.1) is 6.92 Å². The van der Waals surface area contributed by atoms with Crippen molar-refractivity contribution in [3.63, 3.8) is 0 Å². The first-order chi connectivity index (χ1) is 9.29. The van der Waals surface area contributed by atoms with Crippen LogP contribution >= 0.6 is 11.6 Å². The molecule has 1 aromatic heterocycles. The maximum atomic E-state index is 12.7. The molecule has 0 saturated heterocycles. The Kier molecular flexibility index (Phi) is 3.76. The van der Waals surface area contributed by atoms with E-state index < -0.39 is 11.7 Å². The largest absolute Gasteiger partial charge is 0.416 e. The van der Waals surface area contributed by atoms with E-state index in [-0.39, 0.29) is 16.5 Å². The summed E-state index contributed by atoms with van der Waals surface area (Å²) < 4.78 is 38.0. The zero-order valence-electron chi connectivity index (χ0n) is 10.4. The number of halogens is 4. The number of pyridine rings is 1. The molecule has 3 N–H and O–H groups in total. The van der Waals surface area contributed by atoms with Crippen LogP contribution in [0.5, 0.6) is 0 Å². The van der Waals surface area contributed by atoms with Crippen LogP contribution in [0.25, 0.3) is 0 Å². The molecule has 1 heterocycles. The molecule has 0 aliphatic rings. The molecular formula is C13H11ClF3N3. The van der Waals surface area contributed by atoms with Crippen molar-refractivity contribution < 1.29 is 13.2 Å². The lowest BCUT2D eigenvalue weighted by atomic mass is 10.2. The number of aromatic nitrogens is 1. The van der Waals surface area contributed by atoms with Gasteiger partial charge < -0.3 is 11.1 Å². The first kappa shape index (κ1) is 14.5. The van der Waals surface area contributed by atoms with Gasteiger partial charge in [-0.05, 0) is 36.8 Å². The molecule has 0 aliphatic carbocycles. The fourth-order valence-corrected chi connectivity index (χ4v) is 1.76. The summed E-state index contributed by atoms with van der Waals surface area (Å²) in [6.45, 7) is 1.77. The number of rotatable bonds is 2. The van der Waals surface area contributed by atoms with Crippen molar-refractivity contribution in [1.29, 1.82) is 0 Å². The van der Waals surface area contributed by atoms with Crippen LogP contribution in [0.15, 0.2) is 30.5 Å². The van der Waals surface area contributed by atoms with Gasteiger partial charge in [-0.15, -0.1) is 0 Å². The third-order valence-electron chi connectivity index (χ3n) is 2.75. The molecule has 106 valence electrons. The smallest absolute Gasteiger partial charge is 0.396 e. The molecule has 0 amide bonds. The SMILES string of the molecule is Cc1ccnc(Nc2cc(C(F)(F)F)ccc2Cl)c1N. The number of alkyl halides is 3. The van der Waals surface area contributed by atoms with Gasteiger partial charge in [0.25, 0.3) is 0 Å². The van der Waals surface area contributed by atoms with Gasteiger partial charge in [-0.3, -0.25) is 0 Å². The Labute approximate surface area is 118 Å². The topological polar surface area (TPSA) is 50.9 Å². The highest BCUT2D eigenvalue weighted by Gasteiger charge is 2.31. The van der Waals surface area contributed by atoms with Crippen LogP contribution in [0.3, 0.4) is 0 Å². The molecule has 0 atom stereocenters. The number of nitrogen functional groups attached to an aromatic ring is 1. The van der Waals surface area contributed by atoms with Gasteiger partial charge in [-0.25, -0.2) is 4.98 Å². The summed E-state index contributed by atoms with van der Waals surface area (Å²) in [5.41, 5.74) is 6.25. The average Bonchev–Trinajstić information content (AvgIpc) is 2.36. The number of anilines is 3. The van der Waals surface area contributed by atoms with Crippen molar-refractivity contribution in [2.75, 3.05) is 11.1 Å². The van der Waals surface area contributed by atoms with Gasteiger partial charge in [-0.2, -0.15) is 13.2 Å². The quantitative estimate of drug-likeness (QED) is 0.865. The molecule has 0 saturated carbocycles. The molecule has 2 rings (SSSR count). The minimum atomic E-state index is -4.44. The second-order valence-electron chi connectivity index (χ2n) is 4.21. The standard InChI is InChI=1S/C13H11ClF3N3/c1-7-4-5-19-12(11(7)18)20-10-6-8(13(15,16)17)2-3-9(10)14/h2-6H,18H2,1H3,(H,19,20). The number of benzene rings is 1. The van der Waals surface area contributed by atoms with E-state index in [4.69, 9.17) is 17.3 Å². The Morgan fingerprint density at radius 3 is 2.60 bits per heavy atom. The van der Waals surface area contributed by atoms with E-state index >= 15 is 0 Å². The highest BCUT2D eigenvalue weighted by atomic mass is 35.5. The maximum Gasteiger partial charge on any atom is 0.416 e. The highest BCUT2D eigenvalue weighted by molar-refractivity contribution is 6.33. The molecule has 0 radical (unpaired) electrons. The van der Waals surface area contributed by atoms with Gasteiger partial charge >= 0.3 is 6.18 Å². The van der Waals surface area contributed by atoms with Crippen molar-refractivity contribution in [1.82, 2.24) is 4.98 Å². The number of nitrogens with two attached hydrogens (primary N) is 1. The average molecular weight is 302 g/mol. The Morgan fingerprint density at radius 2 is 1.95 bits per heavy atom.